The quantitative estimate of drug-likeness (QED) is 0.590. The Kier molecular flexibility index (Phi) is 1.79. The number of aromatic nitrogens is 4. The van der Waals surface area contributed by atoms with Crippen LogP contribution in [0.25, 0.3) is 16.7 Å². The van der Waals surface area contributed by atoms with Crippen LogP contribution in [0.3, 0.4) is 0 Å². The van der Waals surface area contributed by atoms with E-state index in [2.05, 4.69) is 10.1 Å². The van der Waals surface area contributed by atoms with Gasteiger partial charge in [0.25, 0.3) is 0 Å². The molecule has 6 heteroatoms. The van der Waals surface area contributed by atoms with Gasteiger partial charge in [0.05, 0.1) is 11.0 Å². The van der Waals surface area contributed by atoms with Gasteiger partial charge in [0.1, 0.15) is 5.82 Å². The average molecular weight is 235 g/mol. The van der Waals surface area contributed by atoms with Gasteiger partial charge in [-0.2, -0.15) is 5.10 Å². The number of benzene rings is 1. The Bertz CT molecular complexity index is 758. The lowest BCUT2D eigenvalue weighted by molar-refractivity contribution is 0.950. The van der Waals surface area contributed by atoms with Crippen LogP contribution in [-0.2, 0) is 0 Å². The first-order valence-corrected chi connectivity index (χ1v) is 5.05. The van der Waals surface area contributed by atoms with Crippen molar-refractivity contribution in [3.8, 4) is 0 Å². The van der Waals surface area contributed by atoms with Crippen molar-refractivity contribution in [2.24, 2.45) is 0 Å². The molecule has 0 saturated heterocycles. The first-order chi connectivity index (χ1) is 7.68. The van der Waals surface area contributed by atoms with Crippen molar-refractivity contribution >= 4 is 28.5 Å². The van der Waals surface area contributed by atoms with Crippen LogP contribution in [0.15, 0.2) is 29.1 Å². The summed E-state index contributed by atoms with van der Waals surface area (Å²) in [5, 5.41) is 4.18. The Morgan fingerprint density at radius 2 is 1.94 bits per heavy atom. The minimum Gasteiger partial charge on any atom is -0.264 e. The molecule has 2 aromatic heterocycles. The molecule has 0 unspecified atom stereocenters. The van der Waals surface area contributed by atoms with Crippen molar-refractivity contribution in [1.29, 1.82) is 0 Å². The Hall–Kier alpha value is -1.88. The fourth-order valence-electron chi connectivity index (χ4n) is 1.73. The van der Waals surface area contributed by atoms with Crippen LogP contribution in [0.2, 0.25) is 0 Å². The lowest BCUT2D eigenvalue weighted by atomic mass is 10.3. The molecule has 80 valence electrons. The van der Waals surface area contributed by atoms with Crippen molar-refractivity contribution in [1.82, 2.24) is 18.7 Å². The van der Waals surface area contributed by atoms with Gasteiger partial charge in [-0.3, -0.25) is 4.79 Å². The SMILES string of the molecule is Cc1nc2c(=O)n(Cl)c3ccccc3n2n1. The number of fused-ring (bicyclic) bond motifs is 3. The molecule has 0 aliphatic heterocycles. The van der Waals surface area contributed by atoms with Crippen molar-refractivity contribution in [2.45, 2.75) is 6.92 Å². The monoisotopic (exact) mass is 234 g/mol. The smallest absolute Gasteiger partial charge is 0.264 e. The molecule has 2 heterocycles. The van der Waals surface area contributed by atoms with Gasteiger partial charge in [0.2, 0.25) is 5.65 Å². The minimum absolute atomic E-state index is 0.242. The predicted octanol–water partition coefficient (Wildman–Crippen LogP) is 1.35. The molecule has 3 rings (SSSR count). The third-order valence-corrected chi connectivity index (χ3v) is 2.74. The summed E-state index contributed by atoms with van der Waals surface area (Å²) in [6.07, 6.45) is 0. The summed E-state index contributed by atoms with van der Waals surface area (Å²) in [5.41, 5.74) is 1.26. The summed E-state index contributed by atoms with van der Waals surface area (Å²) < 4.78 is 2.59. The summed E-state index contributed by atoms with van der Waals surface area (Å²) >= 11 is 5.94. The summed E-state index contributed by atoms with van der Waals surface area (Å²) in [4.78, 5) is 15.9. The molecule has 0 N–H and O–H groups in total. The molecule has 0 aliphatic carbocycles. The third-order valence-electron chi connectivity index (χ3n) is 2.40. The number of halogens is 1. The van der Waals surface area contributed by atoms with Crippen molar-refractivity contribution in [3.63, 3.8) is 0 Å². The topological polar surface area (TPSA) is 52.2 Å². The van der Waals surface area contributed by atoms with E-state index in [0.29, 0.717) is 11.3 Å². The van der Waals surface area contributed by atoms with E-state index in [1.54, 1.807) is 13.0 Å². The molecular formula is C10H7ClN4O. The van der Waals surface area contributed by atoms with Crippen molar-refractivity contribution in [2.75, 3.05) is 0 Å². The van der Waals surface area contributed by atoms with Crippen molar-refractivity contribution < 1.29 is 0 Å². The zero-order chi connectivity index (χ0) is 11.3. The molecule has 0 radical (unpaired) electrons. The highest BCUT2D eigenvalue weighted by Gasteiger charge is 2.11. The van der Waals surface area contributed by atoms with Crippen LogP contribution >= 0.6 is 11.8 Å². The molecule has 16 heavy (non-hydrogen) atoms. The largest absolute Gasteiger partial charge is 0.310 e. The lowest BCUT2D eigenvalue weighted by Gasteiger charge is -2.02. The zero-order valence-corrected chi connectivity index (χ0v) is 9.14. The van der Waals surface area contributed by atoms with E-state index in [1.165, 1.54) is 4.52 Å². The average Bonchev–Trinajstić information content (AvgIpc) is 2.68. The van der Waals surface area contributed by atoms with E-state index in [0.717, 1.165) is 9.60 Å². The van der Waals surface area contributed by atoms with Gasteiger partial charge in [0, 0.05) is 11.8 Å². The minimum atomic E-state index is -0.360. The number of nitrogens with zero attached hydrogens (tertiary/aromatic N) is 4. The maximum Gasteiger partial charge on any atom is 0.310 e. The van der Waals surface area contributed by atoms with Crippen LogP contribution in [0.4, 0.5) is 0 Å². The highest BCUT2D eigenvalue weighted by atomic mass is 35.5. The highest BCUT2D eigenvalue weighted by molar-refractivity contribution is 6.18. The summed E-state index contributed by atoms with van der Waals surface area (Å²) in [7, 11) is 0. The second kappa shape index (κ2) is 3.05. The van der Waals surface area contributed by atoms with Gasteiger partial charge >= 0.3 is 5.56 Å². The number of hydrogen-bond donors (Lipinski definition) is 0. The van der Waals surface area contributed by atoms with E-state index in [1.807, 2.05) is 18.2 Å². The fraction of sp³-hybridized carbons (Fsp3) is 0.100. The molecule has 0 saturated carbocycles. The van der Waals surface area contributed by atoms with Crippen LogP contribution in [-0.4, -0.2) is 18.7 Å². The van der Waals surface area contributed by atoms with Crippen LogP contribution in [0.1, 0.15) is 5.82 Å². The number of aryl methyl sites for hydroxylation is 1. The molecule has 0 atom stereocenters. The maximum atomic E-state index is 11.9. The molecule has 0 aliphatic rings. The fourth-order valence-corrected chi connectivity index (χ4v) is 1.95. The van der Waals surface area contributed by atoms with Crippen LogP contribution < -0.4 is 5.56 Å². The van der Waals surface area contributed by atoms with Crippen molar-refractivity contribution in [3.05, 3.63) is 40.4 Å². The van der Waals surface area contributed by atoms with E-state index in [4.69, 9.17) is 11.8 Å². The Balaban J connectivity index is 2.73. The lowest BCUT2D eigenvalue weighted by Crippen LogP contribution is -2.17. The molecule has 0 spiro atoms. The summed E-state index contributed by atoms with van der Waals surface area (Å²) in [6, 6.07) is 7.28. The molecule has 0 fully saturated rings. The summed E-state index contributed by atoms with van der Waals surface area (Å²) in [6.45, 7) is 1.74. The van der Waals surface area contributed by atoms with Crippen LogP contribution in [0, 0.1) is 6.92 Å². The second-order valence-corrected chi connectivity index (χ2v) is 3.81. The standard InChI is InChI=1S/C10H7ClN4O/c1-6-12-9-10(16)14(11)7-4-2-3-5-8(7)15(9)13-6/h2-5H,1H3. The number of rotatable bonds is 0. The second-order valence-electron chi connectivity index (χ2n) is 3.47. The Morgan fingerprint density at radius 3 is 2.69 bits per heavy atom. The van der Waals surface area contributed by atoms with Crippen LogP contribution in [0.5, 0.6) is 0 Å². The first-order valence-electron chi connectivity index (χ1n) is 4.72. The molecule has 1 aromatic carbocycles. The van der Waals surface area contributed by atoms with Gasteiger partial charge in [-0.05, 0) is 19.1 Å². The highest BCUT2D eigenvalue weighted by Crippen LogP contribution is 2.13. The van der Waals surface area contributed by atoms with Gasteiger partial charge in [-0.25, -0.2) is 13.6 Å². The van der Waals surface area contributed by atoms with Gasteiger partial charge in [0.15, 0.2) is 0 Å². The predicted molar refractivity (Wildman–Crippen MR) is 60.7 cm³/mol. The Labute approximate surface area is 95.0 Å². The third kappa shape index (κ3) is 1.09. The molecule has 0 amide bonds. The zero-order valence-electron chi connectivity index (χ0n) is 8.38. The van der Waals surface area contributed by atoms with Gasteiger partial charge in [-0.15, -0.1) is 0 Å². The van der Waals surface area contributed by atoms with E-state index < -0.39 is 0 Å². The normalized spacial score (nSPS) is 11.4. The first kappa shape index (κ1) is 9.35. The number of hydrogen-bond acceptors (Lipinski definition) is 3. The van der Waals surface area contributed by atoms with E-state index >= 15 is 0 Å². The van der Waals surface area contributed by atoms with E-state index in [9.17, 15) is 4.79 Å². The Morgan fingerprint density at radius 1 is 1.25 bits per heavy atom. The molecule has 3 aromatic rings. The maximum absolute atomic E-state index is 11.9. The molecule has 5 nitrogen and oxygen atoms in total. The van der Waals surface area contributed by atoms with Gasteiger partial charge < -0.3 is 0 Å². The molecular weight excluding hydrogens is 228 g/mol. The van der Waals surface area contributed by atoms with Gasteiger partial charge in [-0.1, -0.05) is 12.1 Å². The number of para-hydroxylation sites is 2. The summed E-state index contributed by atoms with van der Waals surface area (Å²) in [5.74, 6) is 0.546. The molecule has 0 bridgehead atoms. The van der Waals surface area contributed by atoms with E-state index in [-0.39, 0.29) is 11.2 Å².